The van der Waals surface area contributed by atoms with Gasteiger partial charge >= 0.3 is 12.0 Å². The zero-order valence-electron chi connectivity index (χ0n) is 19.4. The lowest BCUT2D eigenvalue weighted by Gasteiger charge is -2.36. The van der Waals surface area contributed by atoms with Crippen molar-refractivity contribution in [2.24, 2.45) is 0 Å². The monoisotopic (exact) mass is 464 g/mol. The van der Waals surface area contributed by atoms with Gasteiger partial charge in [0.15, 0.2) is 11.5 Å². The second-order valence-electron chi connectivity index (χ2n) is 7.91. The molecule has 2 amide bonds. The van der Waals surface area contributed by atoms with Crippen LogP contribution in [0.15, 0.2) is 54.9 Å². The Balaban J connectivity index is 1.68. The molecule has 0 fully saturated rings. The van der Waals surface area contributed by atoms with Crippen LogP contribution in [0.5, 0.6) is 11.5 Å². The summed E-state index contributed by atoms with van der Waals surface area (Å²) in [6.07, 6.45) is 2.54. The molecular weight excluding hydrogens is 436 g/mol. The summed E-state index contributed by atoms with van der Waals surface area (Å²) in [4.78, 5) is 35.5. The molecule has 1 aromatic heterocycles. The molecule has 0 spiro atoms. The number of methoxy groups -OCH3 is 3. The van der Waals surface area contributed by atoms with E-state index >= 15 is 0 Å². The maximum atomic E-state index is 13.6. The number of fused-ring (bicyclic) bond motifs is 1. The highest BCUT2D eigenvalue weighted by Gasteiger charge is 2.37. The number of carbonyl (C=O) groups excluding carboxylic acids is 2. The number of rotatable bonds is 7. The average Bonchev–Trinajstić information content (AvgIpc) is 3.36. The van der Waals surface area contributed by atoms with Gasteiger partial charge in [-0.3, -0.25) is 0 Å². The fraction of sp³-hybridized carbons (Fsp3) is 0.320. The quantitative estimate of drug-likeness (QED) is 0.521. The van der Waals surface area contributed by atoms with Crippen molar-refractivity contribution in [1.82, 2.24) is 20.2 Å². The van der Waals surface area contributed by atoms with Gasteiger partial charge in [-0.1, -0.05) is 42.5 Å². The summed E-state index contributed by atoms with van der Waals surface area (Å²) in [5, 5.41) is 2.88. The van der Waals surface area contributed by atoms with Gasteiger partial charge in [-0.25, -0.2) is 14.6 Å². The number of H-pyrrole nitrogens is 1. The Morgan fingerprint density at radius 1 is 1.12 bits per heavy atom. The number of nitrogens with zero attached hydrogens (tertiary/aromatic N) is 2. The molecule has 1 aliphatic rings. The SMILES string of the molecule is COC(=O)[C@@H](Cc1ccccc1)NC(=O)N1CCc2[nH]cnc2[C@H]1c1cccc(OC)c1OC. The van der Waals surface area contributed by atoms with Crippen LogP contribution in [-0.2, 0) is 22.4 Å². The second-order valence-corrected chi connectivity index (χ2v) is 7.91. The molecule has 0 saturated carbocycles. The van der Waals surface area contributed by atoms with Crippen LogP contribution in [-0.4, -0.2) is 60.8 Å². The van der Waals surface area contributed by atoms with Gasteiger partial charge in [-0.05, 0) is 11.6 Å². The predicted molar refractivity (Wildman–Crippen MR) is 125 cm³/mol. The number of nitrogens with one attached hydrogen (secondary N) is 2. The molecule has 178 valence electrons. The molecule has 0 aliphatic carbocycles. The number of carbonyl (C=O) groups is 2. The van der Waals surface area contributed by atoms with Crippen molar-refractivity contribution in [1.29, 1.82) is 0 Å². The minimum Gasteiger partial charge on any atom is -0.493 e. The molecule has 0 saturated heterocycles. The lowest BCUT2D eigenvalue weighted by molar-refractivity contribution is -0.142. The van der Waals surface area contributed by atoms with Crippen molar-refractivity contribution >= 4 is 12.0 Å². The zero-order chi connectivity index (χ0) is 24.1. The lowest BCUT2D eigenvalue weighted by Crippen LogP contribution is -2.52. The van der Waals surface area contributed by atoms with E-state index in [0.29, 0.717) is 30.9 Å². The number of ether oxygens (including phenoxy) is 3. The highest BCUT2D eigenvalue weighted by molar-refractivity contribution is 5.84. The van der Waals surface area contributed by atoms with Gasteiger partial charge in [-0.15, -0.1) is 0 Å². The van der Waals surface area contributed by atoms with Crippen molar-refractivity contribution in [3.05, 3.63) is 77.4 Å². The molecule has 2 atom stereocenters. The largest absolute Gasteiger partial charge is 0.493 e. The minimum atomic E-state index is -0.840. The van der Waals surface area contributed by atoms with Gasteiger partial charge in [-0.2, -0.15) is 0 Å². The number of aromatic nitrogens is 2. The fourth-order valence-corrected chi connectivity index (χ4v) is 4.36. The topological polar surface area (TPSA) is 106 Å². The van der Waals surface area contributed by atoms with Crippen LogP contribution in [0.2, 0.25) is 0 Å². The Hall–Kier alpha value is -4.01. The van der Waals surface area contributed by atoms with E-state index in [2.05, 4.69) is 15.3 Å². The molecule has 34 heavy (non-hydrogen) atoms. The van der Waals surface area contributed by atoms with Gasteiger partial charge in [0.2, 0.25) is 0 Å². The van der Waals surface area contributed by atoms with Crippen molar-refractivity contribution in [3.8, 4) is 11.5 Å². The number of imidazole rings is 1. The summed E-state index contributed by atoms with van der Waals surface area (Å²) in [6, 6.07) is 13.3. The van der Waals surface area contributed by atoms with E-state index in [0.717, 1.165) is 22.5 Å². The van der Waals surface area contributed by atoms with Gasteiger partial charge in [0.25, 0.3) is 0 Å². The van der Waals surface area contributed by atoms with E-state index in [4.69, 9.17) is 14.2 Å². The molecule has 4 rings (SSSR count). The number of aromatic amines is 1. The molecule has 9 heteroatoms. The third-order valence-corrected chi connectivity index (χ3v) is 5.98. The molecule has 2 N–H and O–H groups in total. The van der Waals surface area contributed by atoms with E-state index in [1.54, 1.807) is 31.5 Å². The summed E-state index contributed by atoms with van der Waals surface area (Å²) >= 11 is 0. The summed E-state index contributed by atoms with van der Waals surface area (Å²) in [5.74, 6) is 0.571. The Bertz CT molecular complexity index is 1150. The molecule has 2 heterocycles. The first-order chi connectivity index (χ1) is 16.6. The zero-order valence-corrected chi connectivity index (χ0v) is 19.4. The lowest BCUT2D eigenvalue weighted by atomic mass is 9.94. The first-order valence-electron chi connectivity index (χ1n) is 11.0. The Kier molecular flexibility index (Phi) is 7.01. The van der Waals surface area contributed by atoms with E-state index in [9.17, 15) is 9.59 Å². The van der Waals surface area contributed by atoms with Crippen molar-refractivity contribution in [2.75, 3.05) is 27.9 Å². The molecule has 0 bridgehead atoms. The molecule has 0 radical (unpaired) electrons. The average molecular weight is 465 g/mol. The van der Waals surface area contributed by atoms with Crippen LogP contribution in [0.3, 0.4) is 0 Å². The first kappa shape index (κ1) is 23.2. The minimum absolute atomic E-state index is 0.313. The molecular formula is C25H28N4O5. The highest BCUT2D eigenvalue weighted by atomic mass is 16.5. The van der Waals surface area contributed by atoms with Crippen LogP contribution in [0.1, 0.15) is 28.6 Å². The van der Waals surface area contributed by atoms with Gasteiger partial charge in [0.05, 0.1) is 33.4 Å². The summed E-state index contributed by atoms with van der Waals surface area (Å²) in [5.41, 5.74) is 3.33. The van der Waals surface area contributed by atoms with E-state index < -0.39 is 24.1 Å². The van der Waals surface area contributed by atoms with Gasteiger partial charge in [0.1, 0.15) is 12.1 Å². The van der Waals surface area contributed by atoms with Crippen LogP contribution >= 0.6 is 0 Å². The van der Waals surface area contributed by atoms with Gasteiger partial charge < -0.3 is 29.4 Å². The first-order valence-corrected chi connectivity index (χ1v) is 11.0. The number of esters is 1. The third kappa shape index (κ3) is 4.54. The summed E-state index contributed by atoms with van der Waals surface area (Å²) < 4.78 is 16.1. The Morgan fingerprint density at radius 3 is 2.62 bits per heavy atom. The summed E-state index contributed by atoms with van der Waals surface area (Å²) in [6.45, 7) is 0.422. The smallest absolute Gasteiger partial charge is 0.328 e. The molecule has 9 nitrogen and oxygen atoms in total. The highest BCUT2D eigenvalue weighted by Crippen LogP contribution is 2.42. The number of benzene rings is 2. The number of amides is 2. The third-order valence-electron chi connectivity index (χ3n) is 5.98. The standard InChI is InChI=1S/C25H28N4O5/c1-32-20-11-7-10-17(23(20)33-2)22-21-18(26-15-27-21)12-13-29(22)25(31)28-19(24(30)34-3)14-16-8-5-4-6-9-16/h4-11,15,19,22H,12-14H2,1-3H3,(H,26,27)(H,28,31)/t19-,22-/m1/s1. The van der Waals surface area contributed by atoms with Crippen LogP contribution < -0.4 is 14.8 Å². The Morgan fingerprint density at radius 2 is 1.91 bits per heavy atom. The number of urea groups is 1. The van der Waals surface area contributed by atoms with Crippen LogP contribution in [0, 0.1) is 0 Å². The normalized spacial score (nSPS) is 15.7. The number of hydrogen-bond acceptors (Lipinski definition) is 6. The van der Waals surface area contributed by atoms with E-state index in [-0.39, 0.29) is 0 Å². The summed E-state index contributed by atoms with van der Waals surface area (Å²) in [7, 11) is 4.44. The number of para-hydroxylation sites is 1. The molecule has 3 aromatic rings. The van der Waals surface area contributed by atoms with Crippen molar-refractivity contribution < 1.29 is 23.8 Å². The van der Waals surface area contributed by atoms with Crippen molar-refractivity contribution in [2.45, 2.75) is 24.9 Å². The molecule has 0 unspecified atom stereocenters. The molecule has 1 aliphatic heterocycles. The van der Waals surface area contributed by atoms with E-state index in [1.807, 2.05) is 42.5 Å². The van der Waals surface area contributed by atoms with Crippen LogP contribution in [0.4, 0.5) is 4.79 Å². The van der Waals surface area contributed by atoms with Crippen LogP contribution in [0.25, 0.3) is 0 Å². The van der Waals surface area contributed by atoms with Crippen molar-refractivity contribution in [3.63, 3.8) is 0 Å². The molecule has 2 aromatic carbocycles. The maximum absolute atomic E-state index is 13.6. The maximum Gasteiger partial charge on any atom is 0.328 e. The second kappa shape index (κ2) is 10.3. The predicted octanol–water partition coefficient (Wildman–Crippen LogP) is 2.87. The van der Waals surface area contributed by atoms with E-state index in [1.165, 1.54) is 7.11 Å². The van der Waals surface area contributed by atoms with Gasteiger partial charge in [0, 0.05) is 30.6 Å². The number of hydrogen-bond donors (Lipinski definition) is 2. The fourth-order valence-electron chi connectivity index (χ4n) is 4.36. The Labute approximate surface area is 198 Å².